The van der Waals surface area contributed by atoms with E-state index in [0.717, 1.165) is 17.2 Å². The van der Waals surface area contributed by atoms with Crippen molar-refractivity contribution in [3.8, 4) is 0 Å². The third-order valence-electron chi connectivity index (χ3n) is 4.36. The van der Waals surface area contributed by atoms with Crippen molar-refractivity contribution in [1.29, 1.82) is 0 Å². The van der Waals surface area contributed by atoms with E-state index in [9.17, 15) is 4.39 Å². The first-order valence-electron chi connectivity index (χ1n) is 7.28. The van der Waals surface area contributed by atoms with E-state index in [1.165, 1.54) is 25.7 Å². The van der Waals surface area contributed by atoms with E-state index in [2.05, 4.69) is 24.2 Å². The van der Waals surface area contributed by atoms with Crippen molar-refractivity contribution in [1.82, 2.24) is 5.32 Å². The van der Waals surface area contributed by atoms with Crippen LogP contribution in [0.4, 0.5) is 10.1 Å². The van der Waals surface area contributed by atoms with Crippen LogP contribution in [0.5, 0.6) is 0 Å². The molecule has 1 aliphatic rings. The maximum absolute atomic E-state index is 14.0. The van der Waals surface area contributed by atoms with Crippen LogP contribution < -0.4 is 10.2 Å². The molecule has 106 valence electrons. The molecule has 3 heteroatoms. The first kappa shape index (κ1) is 14.3. The van der Waals surface area contributed by atoms with E-state index in [4.69, 9.17) is 0 Å². The Bertz CT molecular complexity index is 411. The fourth-order valence-corrected chi connectivity index (χ4v) is 3.06. The highest BCUT2D eigenvalue weighted by molar-refractivity contribution is 5.54. The van der Waals surface area contributed by atoms with E-state index >= 15 is 0 Å². The maximum atomic E-state index is 14.0. The Morgan fingerprint density at radius 2 is 1.95 bits per heavy atom. The van der Waals surface area contributed by atoms with E-state index in [-0.39, 0.29) is 5.82 Å². The summed E-state index contributed by atoms with van der Waals surface area (Å²) in [4.78, 5) is 2.28. The summed E-state index contributed by atoms with van der Waals surface area (Å²) in [5.74, 6) is 0.733. The topological polar surface area (TPSA) is 15.3 Å². The molecule has 2 rings (SSSR count). The molecule has 1 aromatic carbocycles. The van der Waals surface area contributed by atoms with Crippen LogP contribution in [-0.2, 0) is 6.54 Å². The lowest BCUT2D eigenvalue weighted by Crippen LogP contribution is -2.35. The van der Waals surface area contributed by atoms with Crippen molar-refractivity contribution >= 4 is 5.69 Å². The van der Waals surface area contributed by atoms with Crippen LogP contribution in [-0.4, -0.2) is 20.1 Å². The van der Waals surface area contributed by atoms with E-state index < -0.39 is 0 Å². The third-order valence-corrected chi connectivity index (χ3v) is 4.36. The first-order chi connectivity index (χ1) is 9.13. The standard InChI is InChI=1S/C16H25FN2/c1-12-7-9-13(10-8-12)19(3)16-6-4-5-15(17)14(16)11-18-2/h4-6,12-13,18H,7-11H2,1-3H3. The average molecular weight is 264 g/mol. The fourth-order valence-electron chi connectivity index (χ4n) is 3.06. The van der Waals surface area contributed by atoms with Crippen molar-refractivity contribution in [2.45, 2.75) is 45.2 Å². The number of benzene rings is 1. The van der Waals surface area contributed by atoms with Crippen molar-refractivity contribution in [3.05, 3.63) is 29.6 Å². The number of nitrogens with one attached hydrogen (secondary N) is 1. The molecule has 1 saturated carbocycles. The number of halogens is 1. The minimum atomic E-state index is -0.108. The van der Waals surface area contributed by atoms with Crippen LogP contribution in [0.1, 0.15) is 38.2 Å². The van der Waals surface area contributed by atoms with Crippen molar-refractivity contribution in [3.63, 3.8) is 0 Å². The predicted octanol–water partition coefficient (Wildman–Crippen LogP) is 3.56. The second-order valence-electron chi connectivity index (χ2n) is 5.79. The van der Waals surface area contributed by atoms with Gasteiger partial charge in [-0.25, -0.2) is 4.39 Å². The number of hydrogen-bond donors (Lipinski definition) is 1. The molecule has 0 spiro atoms. The molecule has 0 aliphatic heterocycles. The molecule has 1 fully saturated rings. The van der Waals surface area contributed by atoms with Crippen LogP contribution >= 0.6 is 0 Å². The molecule has 2 nitrogen and oxygen atoms in total. The number of hydrogen-bond acceptors (Lipinski definition) is 2. The van der Waals surface area contributed by atoms with Gasteiger partial charge in [-0.05, 0) is 50.8 Å². The monoisotopic (exact) mass is 264 g/mol. The van der Waals surface area contributed by atoms with Gasteiger partial charge >= 0.3 is 0 Å². The Labute approximate surface area is 116 Å². The zero-order valence-electron chi connectivity index (χ0n) is 12.2. The minimum absolute atomic E-state index is 0.108. The van der Waals surface area contributed by atoms with Gasteiger partial charge in [0.2, 0.25) is 0 Å². The van der Waals surface area contributed by atoms with Gasteiger partial charge in [0.25, 0.3) is 0 Å². The molecule has 1 aliphatic carbocycles. The Hall–Kier alpha value is -1.09. The summed E-state index contributed by atoms with van der Waals surface area (Å²) in [6.07, 6.45) is 5.00. The highest BCUT2D eigenvalue weighted by Gasteiger charge is 2.23. The van der Waals surface area contributed by atoms with E-state index in [1.54, 1.807) is 6.07 Å². The van der Waals surface area contributed by atoms with Gasteiger partial charge in [0.05, 0.1) is 0 Å². The van der Waals surface area contributed by atoms with Crippen LogP contribution in [0.25, 0.3) is 0 Å². The highest BCUT2D eigenvalue weighted by atomic mass is 19.1. The maximum Gasteiger partial charge on any atom is 0.129 e. The summed E-state index contributed by atoms with van der Waals surface area (Å²) in [5, 5.41) is 3.06. The molecule has 0 bridgehead atoms. The van der Waals surface area contributed by atoms with E-state index in [1.807, 2.05) is 19.2 Å². The molecule has 0 unspecified atom stereocenters. The smallest absolute Gasteiger partial charge is 0.129 e. The Kier molecular flexibility index (Phi) is 4.81. The van der Waals surface area contributed by atoms with Gasteiger partial charge in [-0.15, -0.1) is 0 Å². The quantitative estimate of drug-likeness (QED) is 0.894. The molecule has 0 atom stereocenters. The lowest BCUT2D eigenvalue weighted by atomic mass is 9.86. The SMILES string of the molecule is CNCc1c(F)cccc1N(C)C1CCC(C)CC1. The molecular formula is C16H25FN2. The second kappa shape index (κ2) is 6.38. The summed E-state index contributed by atoms with van der Waals surface area (Å²) >= 11 is 0. The molecule has 1 aromatic rings. The van der Waals surface area contributed by atoms with Crippen LogP contribution in [0.2, 0.25) is 0 Å². The van der Waals surface area contributed by atoms with Crippen molar-refractivity contribution < 1.29 is 4.39 Å². The van der Waals surface area contributed by atoms with Crippen molar-refractivity contribution in [2.75, 3.05) is 19.0 Å². The lowest BCUT2D eigenvalue weighted by Gasteiger charge is -2.36. The Balaban J connectivity index is 2.18. The zero-order valence-corrected chi connectivity index (χ0v) is 12.2. The molecule has 0 heterocycles. The summed E-state index contributed by atoms with van der Waals surface area (Å²) in [6, 6.07) is 5.94. The van der Waals surface area contributed by atoms with Crippen LogP contribution in [0.3, 0.4) is 0 Å². The number of anilines is 1. The summed E-state index contributed by atoms with van der Waals surface area (Å²) in [7, 11) is 3.97. The number of nitrogens with zero attached hydrogens (tertiary/aromatic N) is 1. The van der Waals surface area contributed by atoms with Gasteiger partial charge in [-0.3, -0.25) is 0 Å². The van der Waals surface area contributed by atoms with Gasteiger partial charge in [0.15, 0.2) is 0 Å². The molecule has 0 aromatic heterocycles. The molecular weight excluding hydrogens is 239 g/mol. The summed E-state index contributed by atoms with van der Waals surface area (Å²) in [6.45, 7) is 2.90. The molecule has 0 amide bonds. The normalized spacial score (nSPS) is 23.4. The highest BCUT2D eigenvalue weighted by Crippen LogP contribution is 2.31. The third kappa shape index (κ3) is 3.27. The molecule has 1 N–H and O–H groups in total. The van der Waals surface area contributed by atoms with Gasteiger partial charge in [-0.2, -0.15) is 0 Å². The second-order valence-corrected chi connectivity index (χ2v) is 5.79. The van der Waals surface area contributed by atoms with Gasteiger partial charge in [-0.1, -0.05) is 13.0 Å². The molecule has 0 saturated heterocycles. The van der Waals surface area contributed by atoms with Gasteiger partial charge in [0.1, 0.15) is 5.82 Å². The fraction of sp³-hybridized carbons (Fsp3) is 0.625. The minimum Gasteiger partial charge on any atom is -0.371 e. The zero-order chi connectivity index (χ0) is 13.8. The van der Waals surface area contributed by atoms with E-state index in [0.29, 0.717) is 12.6 Å². The van der Waals surface area contributed by atoms with Crippen molar-refractivity contribution in [2.24, 2.45) is 5.92 Å². The Morgan fingerprint density at radius 1 is 1.26 bits per heavy atom. The molecule has 0 radical (unpaired) electrons. The molecule has 19 heavy (non-hydrogen) atoms. The van der Waals surface area contributed by atoms with Gasteiger partial charge < -0.3 is 10.2 Å². The summed E-state index contributed by atoms with van der Waals surface area (Å²) in [5.41, 5.74) is 1.82. The Morgan fingerprint density at radius 3 is 2.58 bits per heavy atom. The number of rotatable bonds is 4. The van der Waals surface area contributed by atoms with Crippen LogP contribution in [0, 0.1) is 11.7 Å². The lowest BCUT2D eigenvalue weighted by molar-refractivity contribution is 0.340. The van der Waals surface area contributed by atoms with Crippen LogP contribution in [0.15, 0.2) is 18.2 Å². The largest absolute Gasteiger partial charge is 0.371 e. The summed E-state index contributed by atoms with van der Waals surface area (Å²) < 4.78 is 14.0. The average Bonchev–Trinajstić information content (AvgIpc) is 2.41. The predicted molar refractivity (Wildman–Crippen MR) is 79.0 cm³/mol. The first-order valence-corrected chi connectivity index (χ1v) is 7.28. The van der Waals surface area contributed by atoms with Gasteiger partial charge in [0, 0.05) is 30.9 Å².